The van der Waals surface area contributed by atoms with Crippen LogP contribution in [0.1, 0.15) is 18.6 Å². The lowest BCUT2D eigenvalue weighted by atomic mass is 9.95. The minimum atomic E-state index is -0.361. The smallest absolute Gasteiger partial charge is 0.292 e. The van der Waals surface area contributed by atoms with Gasteiger partial charge in [0.25, 0.3) is 5.69 Å². The summed E-state index contributed by atoms with van der Waals surface area (Å²) in [5.41, 5.74) is 1.65. The molecule has 0 aliphatic carbocycles. The van der Waals surface area contributed by atoms with E-state index in [1.807, 2.05) is 41.3 Å². The Labute approximate surface area is 194 Å². The van der Waals surface area contributed by atoms with E-state index in [2.05, 4.69) is 10.3 Å². The second-order valence-corrected chi connectivity index (χ2v) is 9.01. The number of piperidine rings is 1. The van der Waals surface area contributed by atoms with Crippen LogP contribution < -0.4 is 10.2 Å². The fourth-order valence-electron chi connectivity index (χ4n) is 4.15. The van der Waals surface area contributed by atoms with E-state index in [0.29, 0.717) is 49.7 Å². The largest absolute Gasteiger partial charge is 0.457 e. The van der Waals surface area contributed by atoms with E-state index in [4.69, 9.17) is 4.42 Å². The van der Waals surface area contributed by atoms with Gasteiger partial charge in [0, 0.05) is 25.1 Å². The van der Waals surface area contributed by atoms with Crippen molar-refractivity contribution in [2.75, 3.05) is 18.0 Å². The Hall–Kier alpha value is -3.72. The highest BCUT2D eigenvalue weighted by Crippen LogP contribution is 2.32. The lowest BCUT2D eigenvalue weighted by Crippen LogP contribution is -2.40. The first-order valence-electron chi connectivity index (χ1n) is 10.8. The van der Waals surface area contributed by atoms with Crippen LogP contribution in [0.5, 0.6) is 0 Å². The number of para-hydroxylation sites is 3. The summed E-state index contributed by atoms with van der Waals surface area (Å²) >= 11 is 1.57. The summed E-state index contributed by atoms with van der Waals surface area (Å²) in [6, 6.07) is 18.4. The van der Waals surface area contributed by atoms with Gasteiger partial charge in [0.15, 0.2) is 10.8 Å². The molecule has 1 aliphatic heterocycles. The van der Waals surface area contributed by atoms with Crippen LogP contribution in [0, 0.1) is 16.0 Å². The quantitative estimate of drug-likeness (QED) is 0.320. The molecule has 0 radical (unpaired) electrons. The highest BCUT2D eigenvalue weighted by Gasteiger charge is 2.28. The Morgan fingerprint density at radius 1 is 1.12 bits per heavy atom. The molecule has 8 nitrogen and oxygen atoms in total. The molecule has 0 atom stereocenters. The first-order valence-corrected chi connectivity index (χ1v) is 11.6. The molecular weight excluding hydrogens is 440 g/mol. The molecule has 5 rings (SSSR count). The molecule has 33 heavy (non-hydrogen) atoms. The molecule has 1 N–H and O–H groups in total. The number of aromatic nitrogens is 1. The Morgan fingerprint density at radius 3 is 2.67 bits per heavy atom. The van der Waals surface area contributed by atoms with Crippen molar-refractivity contribution in [3.8, 4) is 10.8 Å². The third kappa shape index (κ3) is 4.45. The summed E-state index contributed by atoms with van der Waals surface area (Å²) in [7, 11) is 0. The summed E-state index contributed by atoms with van der Waals surface area (Å²) in [5.74, 6) is 1.23. The van der Waals surface area contributed by atoms with Gasteiger partial charge >= 0.3 is 0 Å². The van der Waals surface area contributed by atoms with Crippen molar-refractivity contribution in [1.82, 2.24) is 10.3 Å². The summed E-state index contributed by atoms with van der Waals surface area (Å²) in [6.45, 7) is 1.52. The van der Waals surface area contributed by atoms with Gasteiger partial charge < -0.3 is 14.6 Å². The van der Waals surface area contributed by atoms with Crippen LogP contribution in [0.3, 0.4) is 0 Å². The van der Waals surface area contributed by atoms with Crippen LogP contribution in [0.4, 0.5) is 11.4 Å². The zero-order valence-corrected chi connectivity index (χ0v) is 18.6. The maximum atomic E-state index is 12.7. The lowest BCUT2D eigenvalue weighted by Gasteiger charge is -2.32. The van der Waals surface area contributed by atoms with Gasteiger partial charge in [-0.3, -0.25) is 14.9 Å². The Morgan fingerprint density at radius 2 is 1.88 bits per heavy atom. The molecule has 2 aromatic carbocycles. The van der Waals surface area contributed by atoms with Crippen LogP contribution in [-0.2, 0) is 11.3 Å². The van der Waals surface area contributed by atoms with E-state index in [0.717, 1.165) is 15.2 Å². The second-order valence-electron chi connectivity index (χ2n) is 7.98. The van der Waals surface area contributed by atoms with E-state index in [1.54, 1.807) is 29.5 Å². The van der Waals surface area contributed by atoms with Crippen LogP contribution in [0.15, 0.2) is 65.1 Å². The summed E-state index contributed by atoms with van der Waals surface area (Å²) in [5, 5.41) is 15.1. The fraction of sp³-hybridized carbons (Fsp3) is 0.250. The number of amides is 1. The van der Waals surface area contributed by atoms with Crippen molar-refractivity contribution < 1.29 is 14.1 Å². The van der Waals surface area contributed by atoms with Crippen molar-refractivity contribution in [3.63, 3.8) is 0 Å². The highest BCUT2D eigenvalue weighted by atomic mass is 32.1. The van der Waals surface area contributed by atoms with Gasteiger partial charge in [-0.05, 0) is 43.2 Å². The number of carbonyl (C=O) groups excluding carboxylic acids is 1. The molecule has 9 heteroatoms. The molecule has 2 aromatic heterocycles. The molecule has 1 aliphatic rings. The van der Waals surface area contributed by atoms with Gasteiger partial charge in [-0.2, -0.15) is 0 Å². The molecule has 1 amide bonds. The monoisotopic (exact) mass is 462 g/mol. The molecule has 4 aromatic rings. The Kier molecular flexibility index (Phi) is 5.78. The van der Waals surface area contributed by atoms with Crippen molar-refractivity contribution >= 4 is 38.8 Å². The molecule has 168 valence electrons. The predicted molar refractivity (Wildman–Crippen MR) is 127 cm³/mol. The minimum absolute atomic E-state index is 0.0184. The van der Waals surface area contributed by atoms with Crippen LogP contribution in [-0.4, -0.2) is 28.9 Å². The third-order valence-electron chi connectivity index (χ3n) is 5.89. The van der Waals surface area contributed by atoms with E-state index < -0.39 is 0 Å². The number of fused-ring (bicyclic) bond motifs is 1. The van der Waals surface area contributed by atoms with E-state index >= 15 is 0 Å². The van der Waals surface area contributed by atoms with Crippen molar-refractivity contribution in [3.05, 3.63) is 76.5 Å². The highest BCUT2D eigenvalue weighted by molar-refractivity contribution is 7.21. The molecule has 0 bridgehead atoms. The summed E-state index contributed by atoms with van der Waals surface area (Å²) < 4.78 is 7.01. The second kappa shape index (κ2) is 9.03. The topological polar surface area (TPSA) is 102 Å². The van der Waals surface area contributed by atoms with Crippen molar-refractivity contribution in [1.29, 1.82) is 0 Å². The van der Waals surface area contributed by atoms with E-state index in [1.165, 1.54) is 6.07 Å². The number of nitrogens with zero attached hydrogens (tertiary/aromatic N) is 3. The maximum Gasteiger partial charge on any atom is 0.292 e. The van der Waals surface area contributed by atoms with Gasteiger partial charge in [-0.1, -0.05) is 24.3 Å². The fourth-order valence-corrected chi connectivity index (χ4v) is 5.08. The summed E-state index contributed by atoms with van der Waals surface area (Å²) in [4.78, 5) is 30.2. The number of nitro benzene ring substituents is 1. The standard InChI is InChI=1S/C24H22N4O4S/c29-23(16-11-13-27(14-12-16)19-6-2-3-7-20(19)28(30)31)25-15-17-9-10-21(32-17)24-26-18-5-1-4-8-22(18)33-24/h1-10,16H,11-15H2,(H,25,29). The number of nitro groups is 1. The summed E-state index contributed by atoms with van der Waals surface area (Å²) in [6.07, 6.45) is 1.29. The van der Waals surface area contributed by atoms with Gasteiger partial charge in [0.2, 0.25) is 5.91 Å². The number of thiazole rings is 1. The van der Waals surface area contributed by atoms with Crippen molar-refractivity contribution in [2.24, 2.45) is 5.92 Å². The first kappa shape index (κ1) is 21.1. The SMILES string of the molecule is O=C(NCc1ccc(-c2nc3ccccc3s2)o1)C1CCN(c2ccccc2[N+](=O)[O-])CC1. The van der Waals surface area contributed by atoms with Gasteiger partial charge in [0.05, 0.1) is 21.7 Å². The maximum absolute atomic E-state index is 12.7. The molecule has 0 saturated carbocycles. The Balaban J connectivity index is 1.16. The van der Waals surface area contributed by atoms with Gasteiger partial charge in [0.1, 0.15) is 11.4 Å². The molecule has 3 heterocycles. The molecule has 1 saturated heterocycles. The number of hydrogen-bond acceptors (Lipinski definition) is 7. The number of benzene rings is 2. The van der Waals surface area contributed by atoms with Crippen LogP contribution >= 0.6 is 11.3 Å². The normalized spacial score (nSPS) is 14.5. The molecule has 0 spiro atoms. The average molecular weight is 463 g/mol. The van der Waals surface area contributed by atoms with E-state index in [-0.39, 0.29) is 22.4 Å². The van der Waals surface area contributed by atoms with E-state index in [9.17, 15) is 14.9 Å². The molecule has 1 fully saturated rings. The molecule has 0 unspecified atom stereocenters. The number of anilines is 1. The lowest BCUT2D eigenvalue weighted by molar-refractivity contribution is -0.384. The zero-order chi connectivity index (χ0) is 22.8. The van der Waals surface area contributed by atoms with Crippen LogP contribution in [0.2, 0.25) is 0 Å². The minimum Gasteiger partial charge on any atom is -0.457 e. The average Bonchev–Trinajstić information content (AvgIpc) is 3.49. The number of nitrogens with one attached hydrogen (secondary N) is 1. The number of rotatable bonds is 6. The number of carbonyl (C=O) groups is 1. The van der Waals surface area contributed by atoms with Gasteiger partial charge in [-0.25, -0.2) is 4.98 Å². The number of hydrogen-bond donors (Lipinski definition) is 1. The zero-order valence-electron chi connectivity index (χ0n) is 17.8. The molecular formula is C24H22N4O4S. The Bertz CT molecular complexity index is 1270. The first-order chi connectivity index (χ1) is 16.1. The number of furan rings is 1. The van der Waals surface area contributed by atoms with Crippen LogP contribution in [0.25, 0.3) is 21.0 Å². The van der Waals surface area contributed by atoms with Crippen molar-refractivity contribution in [2.45, 2.75) is 19.4 Å². The third-order valence-corrected chi connectivity index (χ3v) is 6.94. The predicted octanol–water partition coefficient (Wildman–Crippen LogP) is 5.00. The van der Waals surface area contributed by atoms with Gasteiger partial charge in [-0.15, -0.1) is 11.3 Å².